The van der Waals surface area contributed by atoms with Crippen molar-refractivity contribution >= 4 is 21.8 Å². The first-order chi connectivity index (χ1) is 23.7. The number of halogens is 5. The highest BCUT2D eigenvalue weighted by Crippen LogP contribution is 2.40. The number of hydrogen-bond acceptors (Lipinski definition) is 3. The Bertz CT molecular complexity index is 2450. The van der Waals surface area contributed by atoms with Crippen LogP contribution in [0.25, 0.3) is 72.8 Å². The van der Waals surface area contributed by atoms with E-state index < -0.39 is 23.4 Å². The summed E-state index contributed by atoms with van der Waals surface area (Å²) in [4.78, 5) is 14.6. The molecule has 4 nitrogen and oxygen atoms in total. The fourth-order valence-electron chi connectivity index (χ4n) is 6.14. The lowest BCUT2D eigenvalue weighted by molar-refractivity contribution is -0.137. The zero-order valence-electron chi connectivity index (χ0n) is 25.5. The molecule has 0 aliphatic rings. The van der Waals surface area contributed by atoms with E-state index in [1.165, 1.54) is 18.2 Å². The van der Waals surface area contributed by atoms with Crippen LogP contribution in [0.2, 0.25) is 0 Å². The summed E-state index contributed by atoms with van der Waals surface area (Å²) in [5.74, 6) is -0.415. The fraction of sp³-hybridized carbons (Fsp3) is 0.0250. The summed E-state index contributed by atoms with van der Waals surface area (Å²) in [6.07, 6.45) is -4.53. The molecule has 0 amide bonds. The van der Waals surface area contributed by atoms with E-state index in [-0.39, 0.29) is 11.4 Å². The maximum Gasteiger partial charge on any atom is 0.416 e. The first kappa shape index (κ1) is 30.1. The molecule has 0 atom stereocenters. The van der Waals surface area contributed by atoms with E-state index in [0.29, 0.717) is 50.3 Å². The zero-order valence-corrected chi connectivity index (χ0v) is 25.5. The molecule has 8 rings (SSSR count). The molecule has 9 heteroatoms. The van der Waals surface area contributed by atoms with E-state index in [1.807, 2.05) is 77.4 Å². The van der Waals surface area contributed by atoms with Gasteiger partial charge in [0.25, 0.3) is 0 Å². The molecule has 0 radical (unpaired) electrons. The largest absolute Gasteiger partial charge is 0.416 e. The molecular weight excluding hydrogens is 631 g/mol. The maximum absolute atomic E-state index is 15.2. The Morgan fingerprint density at radius 3 is 1.73 bits per heavy atom. The van der Waals surface area contributed by atoms with Crippen molar-refractivity contribution in [1.82, 2.24) is 19.5 Å². The van der Waals surface area contributed by atoms with Gasteiger partial charge in [-0.3, -0.25) is 0 Å². The van der Waals surface area contributed by atoms with Gasteiger partial charge < -0.3 is 4.57 Å². The third-order valence-electron chi connectivity index (χ3n) is 8.42. The highest BCUT2D eigenvalue weighted by Gasteiger charge is 2.31. The van der Waals surface area contributed by atoms with Crippen LogP contribution < -0.4 is 0 Å². The summed E-state index contributed by atoms with van der Waals surface area (Å²) < 4.78 is 72.6. The smallest absolute Gasteiger partial charge is 0.309 e. The standard InChI is InChI=1S/C40H23F5N4/c41-28-17-18-29(33(42)23-28)26-15-19-36(49-34-14-8-7-13-30(34)31-22-27(40(43,44)45)16-20-35(31)49)32(21-26)39-47-37(24-9-3-1-4-10-24)46-38(48-39)25-11-5-2-6-12-25/h1-23H. The molecule has 2 heterocycles. The van der Waals surface area contributed by atoms with E-state index in [9.17, 15) is 17.6 Å². The topological polar surface area (TPSA) is 43.6 Å². The highest BCUT2D eigenvalue weighted by atomic mass is 19.4. The Balaban J connectivity index is 1.46. The van der Waals surface area contributed by atoms with Gasteiger partial charge in [-0.15, -0.1) is 0 Å². The minimum Gasteiger partial charge on any atom is -0.309 e. The molecule has 0 saturated carbocycles. The van der Waals surface area contributed by atoms with E-state index in [1.54, 1.807) is 30.3 Å². The molecule has 2 aromatic heterocycles. The van der Waals surface area contributed by atoms with Crippen LogP contribution in [0, 0.1) is 11.6 Å². The SMILES string of the molecule is Fc1ccc(-c2ccc(-n3c4ccccc4c4cc(C(F)(F)F)ccc43)c(-c3nc(-c4ccccc4)nc(-c4ccccc4)n3)c2)c(F)c1. The number of fused-ring (bicyclic) bond motifs is 3. The molecule has 0 spiro atoms. The van der Waals surface area contributed by atoms with Crippen LogP contribution in [0.1, 0.15) is 5.56 Å². The molecule has 0 aliphatic heterocycles. The molecule has 49 heavy (non-hydrogen) atoms. The van der Waals surface area contributed by atoms with Gasteiger partial charge in [0.1, 0.15) is 11.6 Å². The Labute approximate surface area is 276 Å². The third-order valence-corrected chi connectivity index (χ3v) is 8.42. The molecule has 0 bridgehead atoms. The van der Waals surface area contributed by atoms with Crippen molar-refractivity contribution in [2.24, 2.45) is 0 Å². The number of hydrogen-bond donors (Lipinski definition) is 0. The van der Waals surface area contributed by atoms with Gasteiger partial charge in [-0.05, 0) is 54.1 Å². The molecule has 0 unspecified atom stereocenters. The van der Waals surface area contributed by atoms with E-state index >= 15 is 4.39 Å². The average Bonchev–Trinajstić information content (AvgIpc) is 3.45. The molecule has 8 aromatic rings. The predicted octanol–water partition coefficient (Wildman–Crippen LogP) is 10.9. The third kappa shape index (κ3) is 5.49. The Kier molecular flexibility index (Phi) is 7.25. The lowest BCUT2D eigenvalue weighted by Gasteiger charge is -2.16. The van der Waals surface area contributed by atoms with Crippen molar-refractivity contribution in [3.63, 3.8) is 0 Å². The molecule has 0 saturated heterocycles. The van der Waals surface area contributed by atoms with Crippen molar-refractivity contribution in [3.05, 3.63) is 157 Å². The van der Waals surface area contributed by atoms with Crippen LogP contribution in [-0.4, -0.2) is 19.5 Å². The van der Waals surface area contributed by atoms with Gasteiger partial charge >= 0.3 is 6.18 Å². The molecule has 0 N–H and O–H groups in total. The van der Waals surface area contributed by atoms with Crippen LogP contribution in [-0.2, 0) is 6.18 Å². The number of aromatic nitrogens is 4. The van der Waals surface area contributed by atoms with Crippen molar-refractivity contribution in [2.45, 2.75) is 6.18 Å². The average molecular weight is 655 g/mol. The van der Waals surface area contributed by atoms with Crippen LogP contribution in [0.4, 0.5) is 22.0 Å². The van der Waals surface area contributed by atoms with Crippen LogP contribution in [0.3, 0.4) is 0 Å². The molecule has 238 valence electrons. The maximum atomic E-state index is 15.2. The van der Waals surface area contributed by atoms with Gasteiger partial charge in [0, 0.05) is 39.1 Å². The summed E-state index contributed by atoms with van der Waals surface area (Å²) in [5.41, 5.74) is 3.48. The van der Waals surface area contributed by atoms with Crippen LogP contribution in [0.5, 0.6) is 0 Å². The lowest BCUT2D eigenvalue weighted by atomic mass is 10.00. The molecule has 0 aliphatic carbocycles. The minimum atomic E-state index is -4.53. The first-order valence-corrected chi connectivity index (χ1v) is 15.3. The summed E-state index contributed by atoms with van der Waals surface area (Å²) >= 11 is 0. The van der Waals surface area contributed by atoms with Gasteiger partial charge in [-0.1, -0.05) is 84.9 Å². The number of para-hydroxylation sites is 1. The second kappa shape index (κ2) is 11.8. The van der Waals surface area contributed by atoms with Crippen molar-refractivity contribution in [1.29, 1.82) is 0 Å². The molecular formula is C40H23F5N4. The number of alkyl halides is 3. The predicted molar refractivity (Wildman–Crippen MR) is 181 cm³/mol. The van der Waals surface area contributed by atoms with Gasteiger partial charge in [0.15, 0.2) is 17.5 Å². The van der Waals surface area contributed by atoms with E-state index in [0.717, 1.165) is 29.3 Å². The lowest BCUT2D eigenvalue weighted by Crippen LogP contribution is -2.05. The second-order valence-corrected chi connectivity index (χ2v) is 11.5. The normalized spacial score (nSPS) is 11.8. The van der Waals surface area contributed by atoms with Gasteiger partial charge in [0.05, 0.1) is 22.3 Å². The quantitative estimate of drug-likeness (QED) is 0.174. The van der Waals surface area contributed by atoms with E-state index in [4.69, 9.17) is 15.0 Å². The van der Waals surface area contributed by atoms with Gasteiger partial charge in [0.2, 0.25) is 0 Å². The van der Waals surface area contributed by atoms with Crippen LogP contribution in [0.15, 0.2) is 140 Å². The van der Waals surface area contributed by atoms with Crippen LogP contribution >= 0.6 is 0 Å². The van der Waals surface area contributed by atoms with Crippen molar-refractivity contribution in [2.75, 3.05) is 0 Å². The summed E-state index contributed by atoms with van der Waals surface area (Å²) in [6.45, 7) is 0. The fourth-order valence-corrected chi connectivity index (χ4v) is 6.14. The van der Waals surface area contributed by atoms with Crippen molar-refractivity contribution in [3.8, 4) is 51.0 Å². The van der Waals surface area contributed by atoms with Crippen molar-refractivity contribution < 1.29 is 22.0 Å². The summed E-state index contributed by atoms with van der Waals surface area (Å²) in [7, 11) is 0. The summed E-state index contributed by atoms with van der Waals surface area (Å²) in [5, 5.41) is 1.03. The molecule has 0 fully saturated rings. The van der Waals surface area contributed by atoms with Gasteiger partial charge in [-0.2, -0.15) is 13.2 Å². The summed E-state index contributed by atoms with van der Waals surface area (Å²) in [6, 6.07) is 38.2. The first-order valence-electron chi connectivity index (χ1n) is 15.3. The second-order valence-electron chi connectivity index (χ2n) is 11.5. The Hall–Kier alpha value is -6.22. The number of nitrogens with zero attached hydrogens (tertiary/aromatic N) is 4. The Morgan fingerprint density at radius 1 is 0.469 bits per heavy atom. The minimum absolute atomic E-state index is 0.159. The monoisotopic (exact) mass is 654 g/mol. The highest BCUT2D eigenvalue weighted by molar-refractivity contribution is 6.10. The number of benzene rings is 6. The Morgan fingerprint density at radius 2 is 1.08 bits per heavy atom. The zero-order chi connectivity index (χ0) is 33.7. The molecule has 6 aromatic carbocycles. The van der Waals surface area contributed by atoms with E-state index in [2.05, 4.69) is 0 Å². The number of rotatable bonds is 5. The van der Waals surface area contributed by atoms with Gasteiger partial charge in [-0.25, -0.2) is 23.7 Å².